The van der Waals surface area contributed by atoms with Crippen molar-refractivity contribution >= 4 is 47.6 Å². The number of aryl methyl sites for hydroxylation is 2. The minimum Gasteiger partial charge on any atom is -0.475 e. The number of guanidine groups is 2. The molecule has 0 fully saturated rings. The zero-order valence-electron chi connectivity index (χ0n) is 32.7. The van der Waals surface area contributed by atoms with Gasteiger partial charge in [0.15, 0.2) is 11.9 Å². The lowest BCUT2D eigenvalue weighted by molar-refractivity contribution is -0.193. The lowest BCUT2D eigenvalue weighted by Crippen LogP contribution is -2.36. The Morgan fingerprint density at radius 3 is 0.969 bits per heavy atom. The molecule has 2 rings (SSSR count). The van der Waals surface area contributed by atoms with Gasteiger partial charge in [-0.15, -0.1) is 0 Å². The minimum absolute atomic E-state index is 0.125. The monoisotopic (exact) mass is 958 g/mol. The first-order valence-electron chi connectivity index (χ1n) is 17.4. The third kappa shape index (κ3) is 39.3. The number of nitrogens with zero attached hydrogens (tertiary/aromatic N) is 6. The molecular weight excluding hydrogens is 916 g/mol. The number of alkyl halides is 12. The third-order valence-electron chi connectivity index (χ3n) is 6.20. The van der Waals surface area contributed by atoms with Crippen LogP contribution < -0.4 is 22.1 Å². The number of halogens is 12. The number of carbonyl (C=O) groups is 6. The van der Waals surface area contributed by atoms with E-state index in [-0.39, 0.29) is 23.7 Å². The normalized spacial score (nSPS) is 11.7. The molecule has 0 bridgehead atoms. The SMILES string of the molecule is NC(=NCCCc1ncn[nH]1)NC(=O)CCCCCCCCC(=O)NC(N)=NCCCc1ncn[nH]1.O=C(O)C(F)(F)F.O=C(O)C(F)(F)F.O=C(O)C(F)(F)F.O=C(O)C(F)(F)F. The molecule has 2 aromatic rings. The first-order valence-corrected chi connectivity index (χ1v) is 17.4. The number of amides is 2. The second-order valence-electron chi connectivity index (χ2n) is 11.5. The van der Waals surface area contributed by atoms with Crippen LogP contribution in [0.4, 0.5) is 52.7 Å². The summed E-state index contributed by atoms with van der Waals surface area (Å²) in [6, 6.07) is 0. The van der Waals surface area contributed by atoms with Crippen molar-refractivity contribution in [1.29, 1.82) is 0 Å². The predicted molar refractivity (Wildman–Crippen MR) is 190 cm³/mol. The van der Waals surface area contributed by atoms with Crippen LogP contribution in [0.2, 0.25) is 0 Å². The van der Waals surface area contributed by atoms with Crippen molar-refractivity contribution in [2.75, 3.05) is 13.1 Å². The van der Waals surface area contributed by atoms with Gasteiger partial charge in [0.2, 0.25) is 11.8 Å². The van der Waals surface area contributed by atoms with E-state index in [1.165, 1.54) is 12.7 Å². The van der Waals surface area contributed by atoms with Gasteiger partial charge in [0.1, 0.15) is 24.3 Å². The summed E-state index contributed by atoms with van der Waals surface area (Å²) in [4.78, 5) is 75.8. The van der Waals surface area contributed by atoms with Crippen LogP contribution in [0.5, 0.6) is 0 Å². The molecular formula is C30H42F12N12O10. The number of aromatic amines is 2. The Hall–Kier alpha value is -6.80. The molecule has 366 valence electrons. The number of rotatable bonds is 17. The summed E-state index contributed by atoms with van der Waals surface area (Å²) in [5.74, 6) is -9.38. The molecule has 0 aliphatic carbocycles. The van der Waals surface area contributed by atoms with Gasteiger partial charge in [0.25, 0.3) is 0 Å². The van der Waals surface area contributed by atoms with Gasteiger partial charge in [-0.3, -0.25) is 40.4 Å². The Morgan fingerprint density at radius 1 is 0.500 bits per heavy atom. The Morgan fingerprint density at radius 2 is 0.750 bits per heavy atom. The van der Waals surface area contributed by atoms with E-state index >= 15 is 0 Å². The van der Waals surface area contributed by atoms with Crippen molar-refractivity contribution in [3.63, 3.8) is 0 Å². The van der Waals surface area contributed by atoms with E-state index in [1.54, 1.807) is 0 Å². The van der Waals surface area contributed by atoms with Crippen LogP contribution in [0.3, 0.4) is 0 Å². The zero-order chi connectivity index (χ0) is 50.2. The number of hydrogen-bond donors (Lipinski definition) is 10. The first kappa shape index (κ1) is 61.5. The van der Waals surface area contributed by atoms with Crippen LogP contribution in [0.1, 0.15) is 75.9 Å². The van der Waals surface area contributed by atoms with Crippen molar-refractivity contribution in [3.05, 3.63) is 24.3 Å². The van der Waals surface area contributed by atoms with Gasteiger partial charge in [0.05, 0.1) is 0 Å². The maximum atomic E-state index is 11.9. The molecule has 0 aromatic carbocycles. The molecule has 34 heteroatoms. The van der Waals surface area contributed by atoms with E-state index in [0.717, 1.165) is 75.9 Å². The zero-order valence-corrected chi connectivity index (χ0v) is 32.7. The van der Waals surface area contributed by atoms with Gasteiger partial charge in [-0.1, -0.05) is 25.7 Å². The van der Waals surface area contributed by atoms with E-state index in [0.29, 0.717) is 25.9 Å². The quantitative estimate of drug-likeness (QED) is 0.0471. The van der Waals surface area contributed by atoms with Crippen LogP contribution in [-0.4, -0.2) is 136 Å². The molecule has 64 heavy (non-hydrogen) atoms. The highest BCUT2D eigenvalue weighted by Gasteiger charge is 2.40. The van der Waals surface area contributed by atoms with Gasteiger partial charge in [-0.25, -0.2) is 29.1 Å². The van der Waals surface area contributed by atoms with E-state index < -0.39 is 48.6 Å². The summed E-state index contributed by atoms with van der Waals surface area (Å²) in [6.07, 6.45) is -8.12. The van der Waals surface area contributed by atoms with Crippen molar-refractivity contribution in [2.24, 2.45) is 21.5 Å². The molecule has 2 heterocycles. The highest BCUT2D eigenvalue weighted by Crippen LogP contribution is 2.15. The van der Waals surface area contributed by atoms with Crippen molar-refractivity contribution < 1.29 is 102 Å². The maximum absolute atomic E-state index is 11.9. The van der Waals surface area contributed by atoms with Crippen molar-refractivity contribution in [2.45, 2.75) is 102 Å². The van der Waals surface area contributed by atoms with E-state index in [9.17, 15) is 62.3 Å². The highest BCUT2D eigenvalue weighted by atomic mass is 19.4. The van der Waals surface area contributed by atoms with Crippen molar-refractivity contribution in [3.8, 4) is 0 Å². The summed E-state index contributed by atoms with van der Waals surface area (Å²) in [6.45, 7) is 1.02. The fourth-order valence-corrected chi connectivity index (χ4v) is 3.36. The third-order valence-corrected chi connectivity index (χ3v) is 6.20. The Bertz CT molecular complexity index is 1550. The molecule has 0 spiro atoms. The summed E-state index contributed by atoms with van der Waals surface area (Å²) in [7, 11) is 0. The predicted octanol–water partition coefficient (Wildman–Crippen LogP) is 3.00. The molecule has 0 unspecified atom stereocenters. The standard InChI is InChI=1S/C22H38N12O2.4C2HF3O2/c23-21(25-13-7-9-17-27-15-29-33-17)31-19(35)11-5-3-1-2-4-6-12-20(36)32-22(24)26-14-8-10-18-28-16-30-34-18;4*3-2(4,5)1(6)7/h15-16H,1-14H2,(H,27,29,33)(H,28,30,34)(H3,23,25,31,35)(H3,24,26,32,36);4*(H,6,7). The first-order chi connectivity index (χ1) is 29.3. The van der Waals surface area contributed by atoms with Gasteiger partial charge >= 0.3 is 48.6 Å². The van der Waals surface area contributed by atoms with Crippen LogP contribution in [0.15, 0.2) is 22.6 Å². The van der Waals surface area contributed by atoms with Gasteiger partial charge in [-0.05, 0) is 25.7 Å². The number of aromatic nitrogens is 6. The fourth-order valence-electron chi connectivity index (χ4n) is 3.36. The number of unbranched alkanes of at least 4 members (excludes halogenated alkanes) is 5. The van der Waals surface area contributed by atoms with Crippen LogP contribution in [0.25, 0.3) is 0 Å². The molecule has 0 radical (unpaired) electrons. The summed E-state index contributed by atoms with van der Waals surface area (Å²) < 4.78 is 127. The summed E-state index contributed by atoms with van der Waals surface area (Å²) in [5.41, 5.74) is 11.5. The Labute approximate surface area is 351 Å². The lowest BCUT2D eigenvalue weighted by Gasteiger charge is -2.06. The maximum Gasteiger partial charge on any atom is 0.490 e. The fraction of sp³-hybridized carbons (Fsp3) is 0.600. The molecule has 12 N–H and O–H groups in total. The molecule has 0 saturated carbocycles. The number of H-pyrrole nitrogens is 2. The lowest BCUT2D eigenvalue weighted by atomic mass is 10.1. The summed E-state index contributed by atoms with van der Waals surface area (Å²) >= 11 is 0. The highest BCUT2D eigenvalue weighted by molar-refractivity contribution is 5.96. The van der Waals surface area contributed by atoms with Gasteiger partial charge in [0, 0.05) is 38.8 Å². The van der Waals surface area contributed by atoms with Crippen molar-refractivity contribution in [1.82, 2.24) is 41.0 Å². The number of carboxylic acids is 4. The largest absolute Gasteiger partial charge is 0.490 e. The molecule has 2 aromatic heterocycles. The van der Waals surface area contributed by atoms with Crippen LogP contribution >= 0.6 is 0 Å². The molecule has 0 aliphatic rings. The van der Waals surface area contributed by atoms with E-state index in [4.69, 9.17) is 51.1 Å². The summed E-state index contributed by atoms with van der Waals surface area (Å²) in [5, 5.41) is 46.9. The topological polar surface area (TPSA) is 367 Å². The minimum atomic E-state index is -5.08. The molecule has 22 nitrogen and oxygen atoms in total. The molecule has 0 saturated heterocycles. The van der Waals surface area contributed by atoms with E-state index in [1.807, 2.05) is 0 Å². The number of carboxylic acid groups (broad SMARTS) is 4. The molecule has 2 amide bonds. The number of aliphatic imine (C=N–C) groups is 2. The second kappa shape index (κ2) is 32.0. The number of nitrogens with two attached hydrogens (primary N) is 2. The Kier molecular flexibility index (Phi) is 30.7. The smallest absolute Gasteiger partial charge is 0.475 e. The average Bonchev–Trinajstić information content (AvgIpc) is 3.88. The molecule has 0 atom stereocenters. The molecule has 0 aliphatic heterocycles. The number of aliphatic carboxylic acids is 4. The number of hydrogen-bond acceptors (Lipinski definition) is 12. The Balaban J connectivity index is -0.00000106. The van der Waals surface area contributed by atoms with Gasteiger partial charge in [-0.2, -0.15) is 62.9 Å². The van der Waals surface area contributed by atoms with Gasteiger partial charge < -0.3 is 31.9 Å². The van der Waals surface area contributed by atoms with E-state index in [2.05, 4.69) is 51.0 Å². The average molecular weight is 959 g/mol. The number of nitrogens with one attached hydrogen (secondary N) is 4. The van der Waals surface area contributed by atoms with Crippen LogP contribution in [0, 0.1) is 0 Å². The number of carbonyl (C=O) groups excluding carboxylic acids is 2. The second-order valence-corrected chi connectivity index (χ2v) is 11.5. The van der Waals surface area contributed by atoms with Crippen LogP contribution in [-0.2, 0) is 41.6 Å².